The predicted octanol–water partition coefficient (Wildman–Crippen LogP) is -0.213. The zero-order valence-corrected chi connectivity index (χ0v) is 33.0. The molecule has 310 valence electrons. The minimum absolute atomic E-state index is 0.0456. The highest BCUT2D eigenvalue weighted by atomic mass is 16.7. The number of alkyl carbamates (subject to hydrolysis) is 1. The topological polar surface area (TPSA) is 250 Å². The Labute approximate surface area is 317 Å². The van der Waals surface area contributed by atoms with Crippen molar-refractivity contribution in [1.29, 1.82) is 0 Å². The van der Waals surface area contributed by atoms with Gasteiger partial charge in [0.25, 0.3) is 5.91 Å². The van der Waals surface area contributed by atoms with E-state index >= 15 is 0 Å². The maximum Gasteiger partial charge on any atom is 0.410 e. The van der Waals surface area contributed by atoms with Crippen molar-refractivity contribution in [2.24, 2.45) is 16.8 Å². The van der Waals surface area contributed by atoms with Crippen LogP contribution in [-0.2, 0) is 28.5 Å². The van der Waals surface area contributed by atoms with Gasteiger partial charge in [-0.15, -0.1) is 0 Å². The molecule has 3 rings (SSSR count). The van der Waals surface area contributed by atoms with Crippen molar-refractivity contribution in [3.8, 4) is 0 Å². The number of aliphatic hydroxyl groups excluding tert-OH is 4. The van der Waals surface area contributed by atoms with Gasteiger partial charge in [-0.1, -0.05) is 6.92 Å². The second-order valence-electron chi connectivity index (χ2n) is 16.6. The summed E-state index contributed by atoms with van der Waals surface area (Å²) in [6, 6.07) is -3.04. The van der Waals surface area contributed by atoms with Gasteiger partial charge in [0.15, 0.2) is 6.29 Å². The summed E-state index contributed by atoms with van der Waals surface area (Å²) >= 11 is 0. The second-order valence-corrected chi connectivity index (χ2v) is 16.6. The zero-order valence-electron chi connectivity index (χ0n) is 33.0. The van der Waals surface area contributed by atoms with Crippen molar-refractivity contribution in [1.82, 2.24) is 20.9 Å². The molecule has 0 radical (unpaired) electrons. The molecular weight excluding hydrogens is 710 g/mol. The van der Waals surface area contributed by atoms with Crippen LogP contribution in [0.4, 0.5) is 9.59 Å². The van der Waals surface area contributed by atoms with Gasteiger partial charge in [-0.25, -0.2) is 9.59 Å². The van der Waals surface area contributed by atoms with Crippen molar-refractivity contribution in [2.75, 3.05) is 39.9 Å². The fourth-order valence-corrected chi connectivity index (χ4v) is 7.00. The number of nitrogens with zero attached hydrogens (tertiary/aromatic N) is 2. The predicted molar refractivity (Wildman–Crippen MR) is 195 cm³/mol. The van der Waals surface area contributed by atoms with E-state index in [0.29, 0.717) is 25.3 Å². The molecule has 1 saturated heterocycles. The average Bonchev–Trinajstić information content (AvgIpc) is 3.05. The molecule has 8 N–H and O–H groups in total. The SMILES string of the molecule is C=NC1CC(NC(=O)C(O)CNC(=O)OC(C)(C)C)C(OC2OCC(C)(O)C(N(C)C(=O)OC(C)(C)C)C2O)C(O)C1C1OC(CNCCO)=CCC1C. The van der Waals surface area contributed by atoms with Crippen LogP contribution in [0.15, 0.2) is 16.8 Å². The third-order valence-corrected chi connectivity index (χ3v) is 9.47. The molecule has 12 unspecified atom stereocenters. The first kappa shape index (κ1) is 45.3. The van der Waals surface area contributed by atoms with Crippen LogP contribution in [-0.4, -0.2) is 167 Å². The number of amides is 3. The lowest BCUT2D eigenvalue weighted by atomic mass is 9.71. The summed E-state index contributed by atoms with van der Waals surface area (Å²) < 4.78 is 29.2. The van der Waals surface area contributed by atoms with Crippen LogP contribution in [0.3, 0.4) is 0 Å². The highest BCUT2D eigenvalue weighted by Crippen LogP contribution is 2.40. The Morgan fingerprint density at radius 2 is 1.78 bits per heavy atom. The van der Waals surface area contributed by atoms with E-state index in [9.17, 15) is 39.9 Å². The molecule has 3 amide bonds. The molecule has 1 saturated carbocycles. The molecule has 18 nitrogen and oxygen atoms in total. The van der Waals surface area contributed by atoms with Crippen LogP contribution in [0.25, 0.3) is 0 Å². The van der Waals surface area contributed by atoms with Gasteiger partial charge >= 0.3 is 12.2 Å². The number of hydrogen-bond acceptors (Lipinski definition) is 15. The maximum atomic E-state index is 13.4. The molecule has 12 atom stereocenters. The fourth-order valence-electron chi connectivity index (χ4n) is 7.00. The summed E-state index contributed by atoms with van der Waals surface area (Å²) in [6.07, 6.45) is -7.38. The monoisotopic (exact) mass is 773 g/mol. The number of nitrogens with one attached hydrogen (secondary N) is 3. The Morgan fingerprint density at radius 1 is 1.13 bits per heavy atom. The summed E-state index contributed by atoms with van der Waals surface area (Å²) in [6.45, 7) is 16.9. The quantitative estimate of drug-likeness (QED) is 0.0892. The largest absolute Gasteiger partial charge is 0.493 e. The summed E-state index contributed by atoms with van der Waals surface area (Å²) in [4.78, 5) is 44.0. The van der Waals surface area contributed by atoms with Crippen molar-refractivity contribution in [3.05, 3.63) is 11.8 Å². The number of carbonyl (C=O) groups is 3. The van der Waals surface area contributed by atoms with Crippen LogP contribution in [0.5, 0.6) is 0 Å². The summed E-state index contributed by atoms with van der Waals surface area (Å²) in [5, 5.41) is 63.2. The standard InChI is InChI=1S/C36H63N5O13/c1-19-11-12-20(16-38-13-14-42)51-27(19)24-21(37-9)15-22(40-30(46)23(43)17-39-32(47)53-34(2,3)4)28(25(24)44)52-31-26(45)29(36(8,49)18-50-31)41(10)33(48)54-35(5,6)7/h12,19,21-29,31,38,42-45,49H,9,11,13-18H2,1-8,10H3,(H,39,47)(H,40,46). The number of allylic oxidation sites excluding steroid dienone is 1. The Morgan fingerprint density at radius 3 is 2.37 bits per heavy atom. The van der Waals surface area contributed by atoms with E-state index in [1.165, 1.54) is 14.0 Å². The van der Waals surface area contributed by atoms with Crippen molar-refractivity contribution >= 4 is 24.8 Å². The summed E-state index contributed by atoms with van der Waals surface area (Å²) in [5.74, 6) is -1.16. The molecular formula is C36H63N5O13. The van der Waals surface area contributed by atoms with E-state index in [4.69, 9.17) is 23.7 Å². The lowest BCUT2D eigenvalue weighted by Gasteiger charge is -2.51. The van der Waals surface area contributed by atoms with E-state index in [2.05, 4.69) is 27.7 Å². The van der Waals surface area contributed by atoms with Gasteiger partial charge in [0.05, 0.1) is 50.5 Å². The number of aliphatic imine (C=N–C) groups is 1. The van der Waals surface area contributed by atoms with Gasteiger partial charge < -0.3 is 70.1 Å². The van der Waals surface area contributed by atoms with E-state index in [0.717, 1.165) is 4.90 Å². The summed E-state index contributed by atoms with van der Waals surface area (Å²) in [7, 11) is 1.36. The first-order valence-electron chi connectivity index (χ1n) is 18.4. The van der Waals surface area contributed by atoms with Gasteiger partial charge in [0.2, 0.25) is 0 Å². The number of hydrogen-bond donors (Lipinski definition) is 8. The first-order chi connectivity index (χ1) is 25.0. The third kappa shape index (κ3) is 12.2. The molecule has 0 bridgehead atoms. The lowest BCUT2D eigenvalue weighted by Crippen LogP contribution is -2.69. The van der Waals surface area contributed by atoms with Crippen LogP contribution >= 0.6 is 0 Å². The van der Waals surface area contributed by atoms with Gasteiger partial charge in [-0.2, -0.15) is 0 Å². The van der Waals surface area contributed by atoms with Gasteiger partial charge in [0.1, 0.15) is 47.0 Å². The Bertz CT molecular complexity index is 1320. The first-order valence-corrected chi connectivity index (χ1v) is 18.4. The van der Waals surface area contributed by atoms with E-state index in [1.807, 2.05) is 13.0 Å². The maximum absolute atomic E-state index is 13.4. The Balaban J connectivity index is 1.93. The Kier molecular flexibility index (Phi) is 15.7. The zero-order chi connectivity index (χ0) is 40.8. The van der Waals surface area contributed by atoms with Crippen LogP contribution < -0.4 is 16.0 Å². The normalized spacial score (nSPS) is 33.7. The van der Waals surface area contributed by atoms with Crippen molar-refractivity contribution in [2.45, 2.75) is 140 Å². The van der Waals surface area contributed by atoms with Crippen LogP contribution in [0.2, 0.25) is 0 Å². The molecule has 0 aromatic carbocycles. The highest BCUT2D eigenvalue weighted by Gasteiger charge is 2.55. The molecule has 18 heteroatoms. The second kappa shape index (κ2) is 18.7. The third-order valence-electron chi connectivity index (χ3n) is 9.47. The Hall–Kier alpha value is -3.10. The van der Waals surface area contributed by atoms with Crippen molar-refractivity contribution < 1.29 is 63.6 Å². The molecule has 3 aliphatic rings. The molecule has 0 spiro atoms. The van der Waals surface area contributed by atoms with Crippen molar-refractivity contribution in [3.63, 3.8) is 0 Å². The molecule has 0 aromatic rings. The van der Waals surface area contributed by atoms with Crippen LogP contribution in [0, 0.1) is 11.8 Å². The minimum atomic E-state index is -1.76. The molecule has 2 fully saturated rings. The minimum Gasteiger partial charge on any atom is -0.493 e. The van der Waals surface area contributed by atoms with Gasteiger partial charge in [-0.3, -0.25) is 9.79 Å². The molecule has 1 aliphatic carbocycles. The van der Waals surface area contributed by atoms with Crippen LogP contribution in [0.1, 0.15) is 68.2 Å². The fraction of sp³-hybridized carbons (Fsp3) is 0.833. The molecule has 2 aliphatic heterocycles. The van der Waals surface area contributed by atoms with Gasteiger partial charge in [0, 0.05) is 19.5 Å². The number of aliphatic hydroxyl groups is 5. The smallest absolute Gasteiger partial charge is 0.410 e. The number of rotatable bonds is 13. The molecule has 2 heterocycles. The highest BCUT2D eigenvalue weighted by molar-refractivity contribution is 5.82. The number of ether oxygens (including phenoxy) is 5. The number of likely N-dealkylation sites (N-methyl/N-ethyl adjacent to an activating group) is 1. The average molecular weight is 774 g/mol. The lowest BCUT2D eigenvalue weighted by molar-refractivity contribution is -0.305. The van der Waals surface area contributed by atoms with E-state index in [-0.39, 0.29) is 25.6 Å². The molecule has 0 aromatic heterocycles. The number of carbonyl (C=O) groups excluding carboxylic acids is 3. The van der Waals surface area contributed by atoms with E-state index < -0.39 is 102 Å². The van der Waals surface area contributed by atoms with Gasteiger partial charge in [-0.05, 0) is 80.0 Å². The molecule has 54 heavy (non-hydrogen) atoms. The van der Waals surface area contributed by atoms with E-state index in [1.54, 1.807) is 41.5 Å². The summed E-state index contributed by atoms with van der Waals surface area (Å²) in [5.41, 5.74) is -3.44.